The molecule has 1 aliphatic rings. The van der Waals surface area contributed by atoms with E-state index in [0.717, 1.165) is 35.2 Å². The lowest BCUT2D eigenvalue weighted by molar-refractivity contribution is -0.106. The molecule has 0 aromatic heterocycles. The molecule has 1 fully saturated rings. The summed E-state index contributed by atoms with van der Waals surface area (Å²) in [5, 5.41) is 34.8. The number of hydrogen-bond acceptors (Lipinski definition) is 5. The molecule has 1 saturated carbocycles. The number of rotatable bonds is 10. The molecule has 4 rings (SSSR count). The lowest BCUT2D eigenvalue weighted by Crippen LogP contribution is -2.13. The summed E-state index contributed by atoms with van der Waals surface area (Å²) in [7, 11) is 0. The zero-order chi connectivity index (χ0) is 32.7. The summed E-state index contributed by atoms with van der Waals surface area (Å²) in [6, 6.07) is 22.8. The molecule has 0 radical (unpaired) electrons. The van der Waals surface area contributed by atoms with Crippen molar-refractivity contribution >= 4 is 11.9 Å². The smallest absolute Gasteiger partial charge is 0.123 e. The van der Waals surface area contributed by atoms with Crippen LogP contribution in [-0.4, -0.2) is 39.9 Å². The Kier molecular flexibility index (Phi) is 19.6. The lowest BCUT2D eigenvalue weighted by Gasteiger charge is -2.29. The van der Waals surface area contributed by atoms with Gasteiger partial charge >= 0.3 is 0 Å². The fourth-order valence-electron chi connectivity index (χ4n) is 5.34. The van der Waals surface area contributed by atoms with Crippen LogP contribution in [0.25, 0.3) is 27.8 Å². The standard InChI is InChI=1S/C32H38O2.C3H6O.2C2H4O/c1-3-4-5-6-24-7-9-25(10-8-24)26-11-13-27(14-12-26)28-15-17-29(18-16-28)31-21-30(23(2)22-33)19-20-32(31)34;1-2-3-4;2*1-2-3/h11-21,24-25,33-34H,2-10,22H2,1H3;2,4H,1,3H2;2H,1H3;2-3H,1H2. The average Bonchev–Trinajstić information content (AvgIpc) is 3.06. The molecule has 0 heterocycles. The molecular formula is C39H52O5. The molecule has 3 aromatic rings. The molecule has 4 N–H and O–H groups in total. The number of aldehydes is 1. The minimum atomic E-state index is -0.0977. The van der Waals surface area contributed by atoms with Crippen LogP contribution in [0, 0.1) is 5.92 Å². The van der Waals surface area contributed by atoms with E-state index in [0.29, 0.717) is 11.5 Å². The highest BCUT2D eigenvalue weighted by Crippen LogP contribution is 2.38. The summed E-state index contributed by atoms with van der Waals surface area (Å²) in [5.41, 5.74) is 7.05. The molecule has 44 heavy (non-hydrogen) atoms. The summed E-state index contributed by atoms with van der Waals surface area (Å²) >= 11 is 0. The molecule has 0 spiro atoms. The normalized spacial score (nSPS) is 15.1. The first-order valence-electron chi connectivity index (χ1n) is 15.5. The van der Waals surface area contributed by atoms with Gasteiger partial charge in [-0.3, -0.25) is 0 Å². The Balaban J connectivity index is 0.000000852. The van der Waals surface area contributed by atoms with Gasteiger partial charge < -0.3 is 25.2 Å². The number of benzene rings is 3. The fraction of sp³-hybridized carbons (Fsp3) is 0.359. The van der Waals surface area contributed by atoms with E-state index in [-0.39, 0.29) is 19.0 Å². The minimum Gasteiger partial charge on any atom is -0.516 e. The van der Waals surface area contributed by atoms with Gasteiger partial charge in [0.15, 0.2) is 0 Å². The monoisotopic (exact) mass is 600 g/mol. The van der Waals surface area contributed by atoms with Crippen molar-refractivity contribution < 1.29 is 25.2 Å². The maximum Gasteiger partial charge on any atom is 0.123 e. The maximum absolute atomic E-state index is 10.4. The second-order valence-corrected chi connectivity index (χ2v) is 10.8. The predicted molar refractivity (Wildman–Crippen MR) is 186 cm³/mol. The number of unbranched alkanes of at least 4 members (excludes halogenated alkanes) is 2. The third-order valence-corrected chi connectivity index (χ3v) is 7.70. The highest BCUT2D eigenvalue weighted by atomic mass is 16.3. The Morgan fingerprint density at radius 2 is 1.36 bits per heavy atom. The molecule has 0 bridgehead atoms. The molecule has 0 amide bonds. The first-order valence-corrected chi connectivity index (χ1v) is 15.5. The average molecular weight is 601 g/mol. The van der Waals surface area contributed by atoms with Crippen molar-refractivity contribution in [3.05, 3.63) is 110 Å². The van der Waals surface area contributed by atoms with Gasteiger partial charge in [0.1, 0.15) is 12.0 Å². The van der Waals surface area contributed by atoms with E-state index in [2.05, 4.69) is 63.1 Å². The minimum absolute atomic E-state index is 0.0833. The van der Waals surface area contributed by atoms with Crippen LogP contribution in [0.1, 0.15) is 82.3 Å². The zero-order valence-corrected chi connectivity index (χ0v) is 26.6. The van der Waals surface area contributed by atoms with Crippen molar-refractivity contribution in [3.8, 4) is 28.0 Å². The Morgan fingerprint density at radius 1 is 0.864 bits per heavy atom. The molecule has 238 valence electrons. The van der Waals surface area contributed by atoms with Gasteiger partial charge in [-0.05, 0) is 90.0 Å². The van der Waals surface area contributed by atoms with E-state index in [1.54, 1.807) is 12.1 Å². The number of hydrogen-bond donors (Lipinski definition) is 4. The molecule has 5 heteroatoms. The van der Waals surface area contributed by atoms with Crippen LogP contribution < -0.4 is 0 Å². The summed E-state index contributed by atoms with van der Waals surface area (Å²) < 4.78 is 0. The number of aliphatic hydroxyl groups excluding tert-OH is 3. The van der Waals surface area contributed by atoms with Crippen LogP contribution in [-0.2, 0) is 4.79 Å². The summed E-state index contributed by atoms with van der Waals surface area (Å²) in [4.78, 5) is 8.81. The first kappa shape index (κ1) is 38.1. The Bertz CT molecular complexity index is 1230. The quantitative estimate of drug-likeness (QED) is 0.0804. The molecular weight excluding hydrogens is 548 g/mol. The molecule has 0 aliphatic heterocycles. The summed E-state index contributed by atoms with van der Waals surface area (Å²) in [6.45, 7) is 13.8. The highest BCUT2D eigenvalue weighted by Gasteiger charge is 2.22. The van der Waals surface area contributed by atoms with Gasteiger partial charge in [-0.15, -0.1) is 6.58 Å². The summed E-state index contributed by atoms with van der Waals surface area (Å²) in [5.74, 6) is 1.89. The number of aromatic hydroxyl groups is 1. The van der Waals surface area contributed by atoms with Gasteiger partial charge in [0.25, 0.3) is 0 Å². The van der Waals surface area contributed by atoms with Gasteiger partial charge in [0, 0.05) is 5.56 Å². The number of aliphatic hydroxyl groups is 3. The Hall–Kier alpha value is -3.93. The van der Waals surface area contributed by atoms with E-state index in [1.165, 1.54) is 81.1 Å². The highest BCUT2D eigenvalue weighted by molar-refractivity contribution is 5.78. The summed E-state index contributed by atoms with van der Waals surface area (Å²) in [6.07, 6.45) is 13.9. The van der Waals surface area contributed by atoms with Crippen molar-refractivity contribution in [1.29, 1.82) is 0 Å². The van der Waals surface area contributed by atoms with Crippen LogP contribution in [0.4, 0.5) is 0 Å². The third-order valence-electron chi connectivity index (χ3n) is 7.70. The molecule has 0 unspecified atom stereocenters. The van der Waals surface area contributed by atoms with E-state index in [1.807, 2.05) is 18.2 Å². The van der Waals surface area contributed by atoms with E-state index in [4.69, 9.17) is 15.0 Å². The van der Waals surface area contributed by atoms with Crippen LogP contribution >= 0.6 is 0 Å². The molecule has 0 atom stereocenters. The topological polar surface area (TPSA) is 98.0 Å². The number of carbonyl (C=O) groups is 1. The van der Waals surface area contributed by atoms with Gasteiger partial charge in [0.05, 0.1) is 19.5 Å². The Labute approximate surface area is 264 Å². The second-order valence-electron chi connectivity index (χ2n) is 10.8. The first-order chi connectivity index (χ1) is 21.3. The van der Waals surface area contributed by atoms with Crippen molar-refractivity contribution in [2.24, 2.45) is 5.92 Å². The zero-order valence-electron chi connectivity index (χ0n) is 26.6. The van der Waals surface area contributed by atoms with Crippen molar-refractivity contribution in [1.82, 2.24) is 0 Å². The van der Waals surface area contributed by atoms with Crippen molar-refractivity contribution in [2.45, 2.75) is 71.1 Å². The second kappa shape index (κ2) is 22.6. The van der Waals surface area contributed by atoms with Crippen LogP contribution in [0.15, 0.2) is 98.8 Å². The fourth-order valence-corrected chi connectivity index (χ4v) is 5.34. The number of phenolic OH excluding ortho intramolecular Hbond substituents is 1. The molecule has 1 aliphatic carbocycles. The van der Waals surface area contributed by atoms with Gasteiger partial charge in [0.2, 0.25) is 0 Å². The molecule has 0 saturated heterocycles. The Morgan fingerprint density at radius 3 is 1.84 bits per heavy atom. The predicted octanol–water partition coefficient (Wildman–Crippen LogP) is 9.64. The third kappa shape index (κ3) is 13.2. The van der Waals surface area contributed by atoms with Crippen LogP contribution in [0.2, 0.25) is 0 Å². The van der Waals surface area contributed by atoms with E-state index >= 15 is 0 Å². The van der Waals surface area contributed by atoms with E-state index < -0.39 is 0 Å². The van der Waals surface area contributed by atoms with E-state index in [9.17, 15) is 10.2 Å². The van der Waals surface area contributed by atoms with Crippen molar-refractivity contribution in [2.75, 3.05) is 13.2 Å². The number of carbonyl (C=O) groups excluding carboxylic acids is 1. The van der Waals surface area contributed by atoms with Gasteiger partial charge in [-0.25, -0.2) is 0 Å². The SMILES string of the molecule is C=C(CO)c1ccc(O)c(-c2ccc(-c3ccc(C4CCC(CCCCC)CC4)cc3)cc2)c1.C=CCO.C=CO.CC=O. The van der Waals surface area contributed by atoms with Gasteiger partial charge in [-0.1, -0.05) is 106 Å². The van der Waals surface area contributed by atoms with Crippen LogP contribution in [0.5, 0.6) is 5.75 Å². The maximum atomic E-state index is 10.4. The van der Waals surface area contributed by atoms with Crippen LogP contribution in [0.3, 0.4) is 0 Å². The number of phenols is 1. The van der Waals surface area contributed by atoms with Gasteiger partial charge in [-0.2, -0.15) is 0 Å². The molecule has 3 aromatic carbocycles. The van der Waals surface area contributed by atoms with Crippen molar-refractivity contribution in [3.63, 3.8) is 0 Å². The lowest BCUT2D eigenvalue weighted by atomic mass is 9.77. The molecule has 5 nitrogen and oxygen atoms in total. The largest absolute Gasteiger partial charge is 0.516 e.